The van der Waals surface area contributed by atoms with Crippen LogP contribution in [0.25, 0.3) is 0 Å². The van der Waals surface area contributed by atoms with E-state index in [1.807, 2.05) is 0 Å². The van der Waals surface area contributed by atoms with Crippen molar-refractivity contribution in [2.45, 2.75) is 18.7 Å². The Hall–Kier alpha value is -2.36. The highest BCUT2D eigenvalue weighted by atomic mass is 32.2. The maximum atomic E-state index is 14.2. The van der Waals surface area contributed by atoms with Crippen LogP contribution in [0.1, 0.15) is 23.7 Å². The predicted molar refractivity (Wildman–Crippen MR) is 89.9 cm³/mol. The van der Waals surface area contributed by atoms with Gasteiger partial charge in [0.1, 0.15) is 11.4 Å². The van der Waals surface area contributed by atoms with Crippen LogP contribution in [0.3, 0.4) is 0 Å². The van der Waals surface area contributed by atoms with Crippen molar-refractivity contribution in [2.75, 3.05) is 19.5 Å². The molecule has 0 radical (unpaired) electrons. The van der Waals surface area contributed by atoms with Crippen LogP contribution in [0.15, 0.2) is 12.1 Å². The lowest BCUT2D eigenvalue weighted by Crippen LogP contribution is -2.44. The molecule has 2 N–H and O–H groups in total. The number of hydrogen-bond donors (Lipinski definition) is 2. The molecule has 1 aliphatic heterocycles. The van der Waals surface area contributed by atoms with Gasteiger partial charge in [-0.15, -0.1) is 11.8 Å². The number of carbonyl (C=O) groups is 3. The molecule has 1 aromatic rings. The van der Waals surface area contributed by atoms with E-state index in [0.29, 0.717) is 12.2 Å². The summed E-state index contributed by atoms with van der Waals surface area (Å²) in [5.74, 6) is -4.26. The van der Waals surface area contributed by atoms with Crippen LogP contribution in [0, 0.1) is 17.6 Å². The summed E-state index contributed by atoms with van der Waals surface area (Å²) in [5.41, 5.74) is -0.790. The summed E-state index contributed by atoms with van der Waals surface area (Å²) < 4.78 is 37.5. The van der Waals surface area contributed by atoms with E-state index in [1.165, 1.54) is 18.9 Å². The number of methoxy groups -OCH3 is 1. The molecule has 1 heterocycles. The van der Waals surface area contributed by atoms with Crippen molar-refractivity contribution in [1.29, 1.82) is 0 Å². The van der Waals surface area contributed by atoms with Crippen molar-refractivity contribution in [3.8, 4) is 5.75 Å². The third-order valence-electron chi connectivity index (χ3n) is 3.71. The van der Waals surface area contributed by atoms with Crippen LogP contribution in [0.4, 0.5) is 13.6 Å². The third-order valence-corrected chi connectivity index (χ3v) is 4.98. The van der Waals surface area contributed by atoms with Crippen molar-refractivity contribution in [2.24, 2.45) is 5.92 Å². The van der Waals surface area contributed by atoms with E-state index in [-0.39, 0.29) is 12.4 Å². The molecule has 1 fully saturated rings. The Labute approximate surface area is 152 Å². The number of hydrogen-bond acceptors (Lipinski definition) is 6. The summed E-state index contributed by atoms with van der Waals surface area (Å²) in [6.07, 6.45) is -0.492. The van der Waals surface area contributed by atoms with E-state index in [1.54, 1.807) is 6.92 Å². The first-order chi connectivity index (χ1) is 12.4. The quantitative estimate of drug-likeness (QED) is 0.802. The van der Waals surface area contributed by atoms with Gasteiger partial charge in [-0.2, -0.15) is 0 Å². The average Bonchev–Trinajstić information content (AvgIpc) is 3.03. The molecule has 0 saturated carbocycles. The minimum atomic E-state index is -1.12. The minimum Gasteiger partial charge on any atom is -0.494 e. The molecule has 26 heavy (non-hydrogen) atoms. The summed E-state index contributed by atoms with van der Waals surface area (Å²) in [5, 5.41) is 3.78. The van der Waals surface area contributed by atoms with Crippen molar-refractivity contribution < 1.29 is 32.6 Å². The summed E-state index contributed by atoms with van der Waals surface area (Å²) in [4.78, 5) is 35.8. The van der Waals surface area contributed by atoms with Crippen LogP contribution < -0.4 is 15.4 Å². The second-order valence-electron chi connectivity index (χ2n) is 5.31. The number of carbonyl (C=O) groups excluding carboxylic acids is 3. The van der Waals surface area contributed by atoms with Gasteiger partial charge in [-0.1, -0.05) is 0 Å². The number of benzene rings is 1. The minimum absolute atomic E-state index is 0.104. The van der Waals surface area contributed by atoms with Gasteiger partial charge in [0, 0.05) is 0 Å². The van der Waals surface area contributed by atoms with Gasteiger partial charge >= 0.3 is 6.09 Å². The number of amides is 3. The highest BCUT2D eigenvalue weighted by Crippen LogP contribution is 2.31. The summed E-state index contributed by atoms with van der Waals surface area (Å²) in [6, 6.07) is 1.99. The molecule has 7 nitrogen and oxygen atoms in total. The Morgan fingerprint density at radius 3 is 2.69 bits per heavy atom. The van der Waals surface area contributed by atoms with Crippen LogP contribution in [0.5, 0.6) is 5.75 Å². The van der Waals surface area contributed by atoms with Crippen LogP contribution >= 0.6 is 11.8 Å². The molecular weight excluding hydrogens is 370 g/mol. The average molecular weight is 388 g/mol. The molecule has 0 bridgehead atoms. The Kier molecular flexibility index (Phi) is 6.78. The molecule has 2 unspecified atom stereocenters. The second kappa shape index (κ2) is 8.84. The van der Waals surface area contributed by atoms with Gasteiger partial charge in [0.15, 0.2) is 11.6 Å². The van der Waals surface area contributed by atoms with Gasteiger partial charge in [0.2, 0.25) is 5.91 Å². The number of rotatable bonds is 5. The van der Waals surface area contributed by atoms with Crippen LogP contribution in [-0.2, 0) is 9.53 Å². The third kappa shape index (κ3) is 4.43. The highest BCUT2D eigenvalue weighted by molar-refractivity contribution is 8.00. The molecule has 2 rings (SSSR count). The number of ether oxygens (including phenoxy) is 2. The van der Waals surface area contributed by atoms with Gasteiger partial charge in [0.05, 0.1) is 25.0 Å². The monoisotopic (exact) mass is 388 g/mol. The summed E-state index contributed by atoms with van der Waals surface area (Å²) in [6.45, 7) is 1.70. The maximum Gasteiger partial charge on any atom is 0.413 e. The van der Waals surface area contributed by atoms with Crippen molar-refractivity contribution >= 4 is 29.7 Å². The zero-order valence-electron chi connectivity index (χ0n) is 14.1. The van der Waals surface area contributed by atoms with E-state index in [0.717, 1.165) is 12.1 Å². The fourth-order valence-electron chi connectivity index (χ4n) is 2.46. The van der Waals surface area contributed by atoms with E-state index >= 15 is 0 Å². The van der Waals surface area contributed by atoms with Gasteiger partial charge < -0.3 is 14.8 Å². The molecule has 10 heteroatoms. The summed E-state index contributed by atoms with van der Waals surface area (Å²) in [7, 11) is 1.20. The number of halogens is 2. The normalized spacial score (nSPS) is 18.9. The molecule has 142 valence electrons. The first-order valence-electron chi connectivity index (χ1n) is 7.81. The zero-order valence-corrected chi connectivity index (χ0v) is 15.0. The van der Waals surface area contributed by atoms with Crippen LogP contribution in [0.2, 0.25) is 0 Å². The molecule has 1 aliphatic rings. The zero-order chi connectivity index (χ0) is 19.3. The Bertz CT molecular complexity index is 716. The maximum absolute atomic E-state index is 14.2. The van der Waals surface area contributed by atoms with Gasteiger partial charge in [0.25, 0.3) is 5.91 Å². The number of imide groups is 1. The van der Waals surface area contributed by atoms with E-state index in [4.69, 9.17) is 4.74 Å². The fraction of sp³-hybridized carbons (Fsp3) is 0.438. The Morgan fingerprint density at radius 1 is 1.31 bits per heavy atom. The lowest BCUT2D eigenvalue weighted by atomic mass is 10.1. The Balaban J connectivity index is 2.11. The van der Waals surface area contributed by atoms with Gasteiger partial charge in [-0.05, 0) is 31.2 Å². The van der Waals surface area contributed by atoms with Gasteiger partial charge in [-0.3, -0.25) is 14.9 Å². The topological polar surface area (TPSA) is 93.7 Å². The molecule has 0 spiro atoms. The molecular formula is C16H18F2N2O5S. The Morgan fingerprint density at radius 2 is 2.04 bits per heavy atom. The first kappa shape index (κ1) is 20.0. The number of thioether (sulfide) groups is 1. The lowest BCUT2D eigenvalue weighted by Gasteiger charge is -2.19. The standard InChI is InChI=1S/C16H18F2N2O5S/c1-3-25-16(23)20-13(21)8-6-7-26-15(8)19-14(22)11-9(17)4-5-10(24-2)12(11)18/h4-5,8,15H,3,6-7H2,1-2H3,(H,19,22)(H,20,21,23). The number of nitrogens with one attached hydrogen (secondary N) is 2. The summed E-state index contributed by atoms with van der Waals surface area (Å²) >= 11 is 1.24. The predicted octanol–water partition coefficient (Wildman–Crippen LogP) is 2.06. The van der Waals surface area contributed by atoms with E-state index in [9.17, 15) is 23.2 Å². The molecule has 1 aromatic carbocycles. The lowest BCUT2D eigenvalue weighted by molar-refractivity contribution is -0.124. The fourth-order valence-corrected chi connectivity index (χ4v) is 3.79. The van der Waals surface area contributed by atoms with Gasteiger partial charge in [-0.25, -0.2) is 13.6 Å². The molecule has 2 atom stereocenters. The second-order valence-corrected chi connectivity index (χ2v) is 6.56. The highest BCUT2D eigenvalue weighted by Gasteiger charge is 2.36. The largest absolute Gasteiger partial charge is 0.494 e. The molecule has 0 aliphatic carbocycles. The molecule has 3 amide bonds. The van der Waals surface area contributed by atoms with E-state index in [2.05, 4.69) is 15.4 Å². The molecule has 1 saturated heterocycles. The number of alkyl carbamates (subject to hydrolysis) is 1. The first-order valence-corrected chi connectivity index (χ1v) is 8.86. The van der Waals surface area contributed by atoms with Crippen molar-refractivity contribution in [3.63, 3.8) is 0 Å². The van der Waals surface area contributed by atoms with Crippen molar-refractivity contribution in [1.82, 2.24) is 10.6 Å². The SMILES string of the molecule is CCOC(=O)NC(=O)C1CCSC1NC(=O)c1c(F)ccc(OC)c1F. The van der Waals surface area contributed by atoms with Crippen molar-refractivity contribution in [3.05, 3.63) is 29.3 Å². The smallest absolute Gasteiger partial charge is 0.413 e. The van der Waals surface area contributed by atoms with E-state index < -0.39 is 46.4 Å². The van der Waals surface area contributed by atoms with Crippen LogP contribution in [-0.4, -0.2) is 42.8 Å². The molecule has 0 aromatic heterocycles.